The molecule has 0 saturated carbocycles. The van der Waals surface area contributed by atoms with E-state index < -0.39 is 29.7 Å². The van der Waals surface area contributed by atoms with Gasteiger partial charge in [0.1, 0.15) is 5.60 Å². The van der Waals surface area contributed by atoms with Crippen molar-refractivity contribution in [3.8, 4) is 0 Å². The summed E-state index contributed by atoms with van der Waals surface area (Å²) in [5.74, 6) is -1.15. The number of nitrogens with one attached hydrogen (secondary N) is 2. The van der Waals surface area contributed by atoms with E-state index >= 15 is 0 Å². The summed E-state index contributed by atoms with van der Waals surface area (Å²) in [6.07, 6.45) is -0.504. The number of carbonyl (C=O) groups is 3. The second kappa shape index (κ2) is 9.59. The van der Waals surface area contributed by atoms with E-state index in [-0.39, 0.29) is 23.8 Å². The van der Waals surface area contributed by atoms with E-state index in [1.807, 2.05) is 0 Å². The molecule has 0 saturated heterocycles. The summed E-state index contributed by atoms with van der Waals surface area (Å²) >= 11 is 11.6. The summed E-state index contributed by atoms with van der Waals surface area (Å²) in [6, 6.07) is 1.42. The van der Waals surface area contributed by atoms with Crippen molar-refractivity contribution in [1.82, 2.24) is 10.3 Å². The molecule has 10 heteroatoms. The second-order valence-electron chi connectivity index (χ2n) is 6.28. The SMILES string of the molecule is C[C@@H](OC(=O)CCNC(=O)OC(C)(C)C)C(=O)Nc1ncc(Cl)cc1Cl. The molecule has 144 valence electrons. The quantitative estimate of drug-likeness (QED) is 0.703. The number of hydrogen-bond donors (Lipinski definition) is 2. The molecule has 1 rings (SSSR count). The molecule has 8 nitrogen and oxygen atoms in total. The van der Waals surface area contributed by atoms with Crippen LogP contribution in [0.25, 0.3) is 0 Å². The lowest BCUT2D eigenvalue weighted by Gasteiger charge is -2.19. The molecule has 0 aliphatic carbocycles. The van der Waals surface area contributed by atoms with Gasteiger partial charge < -0.3 is 20.1 Å². The molecule has 2 amide bonds. The van der Waals surface area contributed by atoms with E-state index in [9.17, 15) is 14.4 Å². The van der Waals surface area contributed by atoms with Crippen molar-refractivity contribution >= 4 is 47.0 Å². The highest BCUT2D eigenvalue weighted by Crippen LogP contribution is 2.22. The van der Waals surface area contributed by atoms with Crippen molar-refractivity contribution in [2.75, 3.05) is 11.9 Å². The fraction of sp³-hybridized carbons (Fsp3) is 0.500. The van der Waals surface area contributed by atoms with Crippen LogP contribution in [-0.4, -0.2) is 41.2 Å². The Morgan fingerprint density at radius 3 is 2.50 bits per heavy atom. The smallest absolute Gasteiger partial charge is 0.407 e. The van der Waals surface area contributed by atoms with E-state index in [0.717, 1.165) is 0 Å². The van der Waals surface area contributed by atoms with Gasteiger partial charge in [0, 0.05) is 12.7 Å². The van der Waals surface area contributed by atoms with Gasteiger partial charge in [0.2, 0.25) is 0 Å². The maximum atomic E-state index is 12.0. The fourth-order valence-electron chi connectivity index (χ4n) is 1.62. The fourth-order valence-corrected chi connectivity index (χ4v) is 2.04. The summed E-state index contributed by atoms with van der Waals surface area (Å²) in [5.41, 5.74) is -0.631. The zero-order valence-electron chi connectivity index (χ0n) is 14.9. The molecule has 0 radical (unpaired) electrons. The molecule has 0 spiro atoms. The van der Waals surface area contributed by atoms with Gasteiger partial charge in [-0.25, -0.2) is 9.78 Å². The summed E-state index contributed by atoms with van der Waals surface area (Å²) in [6.45, 7) is 6.60. The Morgan fingerprint density at radius 2 is 1.92 bits per heavy atom. The number of hydrogen-bond acceptors (Lipinski definition) is 6. The van der Waals surface area contributed by atoms with Crippen LogP contribution >= 0.6 is 23.2 Å². The molecular formula is C16H21Cl2N3O5. The molecule has 26 heavy (non-hydrogen) atoms. The van der Waals surface area contributed by atoms with Crippen LogP contribution in [0.3, 0.4) is 0 Å². The van der Waals surface area contributed by atoms with Crippen molar-refractivity contribution in [3.63, 3.8) is 0 Å². The summed E-state index contributed by atoms with van der Waals surface area (Å²) in [4.78, 5) is 39.1. The third-order valence-corrected chi connectivity index (χ3v) is 3.22. The van der Waals surface area contributed by atoms with Crippen LogP contribution in [0.4, 0.5) is 10.6 Å². The van der Waals surface area contributed by atoms with Crippen LogP contribution < -0.4 is 10.6 Å². The van der Waals surface area contributed by atoms with Gasteiger partial charge in [-0.15, -0.1) is 0 Å². The minimum atomic E-state index is -1.07. The molecule has 1 heterocycles. The third-order valence-electron chi connectivity index (χ3n) is 2.72. The maximum absolute atomic E-state index is 12.0. The summed E-state index contributed by atoms with van der Waals surface area (Å²) in [7, 11) is 0. The minimum absolute atomic E-state index is 0.0205. The summed E-state index contributed by atoms with van der Waals surface area (Å²) < 4.78 is 10.0. The zero-order chi connectivity index (χ0) is 19.9. The maximum Gasteiger partial charge on any atom is 0.407 e. The normalized spacial score (nSPS) is 12.1. The molecule has 0 fully saturated rings. The third kappa shape index (κ3) is 8.35. The van der Waals surface area contributed by atoms with Gasteiger partial charge >= 0.3 is 12.1 Å². The Balaban J connectivity index is 2.39. The highest BCUT2D eigenvalue weighted by Gasteiger charge is 2.20. The van der Waals surface area contributed by atoms with Gasteiger partial charge in [-0.3, -0.25) is 9.59 Å². The Kier molecular flexibility index (Phi) is 8.10. The van der Waals surface area contributed by atoms with Crippen molar-refractivity contribution in [2.45, 2.75) is 45.8 Å². The lowest BCUT2D eigenvalue weighted by atomic mass is 10.2. The molecule has 1 aromatic rings. The molecule has 0 aliphatic heterocycles. The van der Waals surface area contributed by atoms with Gasteiger partial charge in [0.15, 0.2) is 11.9 Å². The van der Waals surface area contributed by atoms with Gasteiger partial charge in [-0.1, -0.05) is 23.2 Å². The number of anilines is 1. The lowest BCUT2D eigenvalue weighted by Crippen LogP contribution is -2.35. The second-order valence-corrected chi connectivity index (χ2v) is 7.13. The van der Waals surface area contributed by atoms with Crippen LogP contribution in [-0.2, 0) is 19.1 Å². The topological polar surface area (TPSA) is 107 Å². The zero-order valence-corrected chi connectivity index (χ0v) is 16.4. The Morgan fingerprint density at radius 1 is 1.27 bits per heavy atom. The van der Waals surface area contributed by atoms with E-state index in [4.69, 9.17) is 32.7 Å². The number of aromatic nitrogens is 1. The molecular weight excluding hydrogens is 385 g/mol. The monoisotopic (exact) mass is 405 g/mol. The molecule has 0 unspecified atom stereocenters. The highest BCUT2D eigenvalue weighted by molar-refractivity contribution is 6.36. The summed E-state index contributed by atoms with van der Waals surface area (Å²) in [5, 5.41) is 5.34. The Hall–Kier alpha value is -2.06. The Bertz CT molecular complexity index is 676. The molecule has 1 aromatic heterocycles. The van der Waals surface area contributed by atoms with Gasteiger partial charge in [0.25, 0.3) is 5.91 Å². The first kappa shape index (κ1) is 22.0. The molecule has 2 N–H and O–H groups in total. The number of nitrogens with zero attached hydrogens (tertiary/aromatic N) is 1. The first-order valence-corrected chi connectivity index (χ1v) is 8.52. The first-order chi connectivity index (χ1) is 12.0. The number of carbonyl (C=O) groups excluding carboxylic acids is 3. The highest BCUT2D eigenvalue weighted by atomic mass is 35.5. The van der Waals surface area contributed by atoms with Gasteiger partial charge in [-0.05, 0) is 33.8 Å². The number of ether oxygens (including phenoxy) is 2. The van der Waals surface area contributed by atoms with Crippen LogP contribution in [0.1, 0.15) is 34.1 Å². The number of alkyl carbamates (subject to hydrolysis) is 1. The Labute approximate surface area is 161 Å². The van der Waals surface area contributed by atoms with Crippen LogP contribution in [0, 0.1) is 0 Å². The van der Waals surface area contributed by atoms with Gasteiger partial charge in [-0.2, -0.15) is 0 Å². The average molecular weight is 406 g/mol. The number of pyridine rings is 1. The molecule has 1 atom stereocenters. The predicted molar refractivity (Wildman–Crippen MR) is 97.3 cm³/mol. The lowest BCUT2D eigenvalue weighted by molar-refractivity contribution is -0.153. The van der Waals surface area contributed by atoms with Crippen molar-refractivity contribution in [1.29, 1.82) is 0 Å². The first-order valence-electron chi connectivity index (χ1n) is 7.76. The molecule has 0 aromatic carbocycles. The number of amides is 2. The molecule has 0 bridgehead atoms. The number of rotatable bonds is 6. The number of esters is 1. The minimum Gasteiger partial charge on any atom is -0.452 e. The standard InChI is InChI=1S/C16H21Cl2N3O5/c1-9(14(23)21-13-11(18)7-10(17)8-20-13)25-12(22)5-6-19-15(24)26-16(2,3)4/h7-9H,5-6H2,1-4H3,(H,19,24)(H,20,21,23)/t9-/m1/s1. The van der Waals surface area contributed by atoms with E-state index in [1.165, 1.54) is 19.2 Å². The molecule has 0 aliphatic rings. The van der Waals surface area contributed by atoms with E-state index in [2.05, 4.69) is 15.6 Å². The van der Waals surface area contributed by atoms with Crippen LogP contribution in [0.2, 0.25) is 10.0 Å². The van der Waals surface area contributed by atoms with Crippen molar-refractivity contribution in [3.05, 3.63) is 22.3 Å². The average Bonchev–Trinajstić information content (AvgIpc) is 2.48. The van der Waals surface area contributed by atoms with E-state index in [1.54, 1.807) is 20.8 Å². The predicted octanol–water partition coefficient (Wildman–Crippen LogP) is 3.17. The van der Waals surface area contributed by atoms with E-state index in [0.29, 0.717) is 5.02 Å². The van der Waals surface area contributed by atoms with Crippen LogP contribution in [0.15, 0.2) is 12.3 Å². The van der Waals surface area contributed by atoms with Crippen molar-refractivity contribution in [2.24, 2.45) is 0 Å². The van der Waals surface area contributed by atoms with Crippen LogP contribution in [0.5, 0.6) is 0 Å². The van der Waals surface area contributed by atoms with Crippen molar-refractivity contribution < 1.29 is 23.9 Å². The van der Waals surface area contributed by atoms with Gasteiger partial charge in [0.05, 0.1) is 16.5 Å². The largest absolute Gasteiger partial charge is 0.452 e. The number of halogens is 2.